The summed E-state index contributed by atoms with van der Waals surface area (Å²) in [6.07, 6.45) is 4.89. The summed E-state index contributed by atoms with van der Waals surface area (Å²) in [6, 6.07) is 8.21. The lowest BCUT2D eigenvalue weighted by atomic mass is 9.84. The number of hydrazone groups is 1. The second-order valence-corrected chi connectivity index (χ2v) is 6.12. The Hall–Kier alpha value is -3.09. The molecule has 0 spiro atoms. The fourth-order valence-electron chi connectivity index (χ4n) is 3.01. The normalized spacial score (nSPS) is 18.5. The number of carboxylic acids is 1. The average molecular weight is 355 g/mol. The molecule has 0 saturated heterocycles. The number of carbonyl (C=O) groups excluding carboxylic acids is 1. The van der Waals surface area contributed by atoms with E-state index in [-0.39, 0.29) is 11.5 Å². The van der Waals surface area contributed by atoms with E-state index >= 15 is 0 Å². The van der Waals surface area contributed by atoms with Gasteiger partial charge in [-0.05, 0) is 55.7 Å². The summed E-state index contributed by atoms with van der Waals surface area (Å²) in [4.78, 5) is 27.6. The Balaban J connectivity index is 1.79. The van der Waals surface area contributed by atoms with Crippen LogP contribution in [0.15, 0.2) is 47.7 Å². The molecule has 0 radical (unpaired) electrons. The first-order valence-corrected chi connectivity index (χ1v) is 8.36. The van der Waals surface area contributed by atoms with E-state index in [1.54, 1.807) is 6.07 Å². The standard InChI is InChI=1S/C19H18FN3O3/c20-14-7-5-12(6-8-14)18(24)23-22-16-4-2-1-3-15(16)17-11-13(19(25)26)9-10-21-17/h5-11,15H,1-4H2,(H,23,24)(H,25,26)/b22-16-/t15-/m1/s1. The van der Waals surface area contributed by atoms with Crippen molar-refractivity contribution in [1.82, 2.24) is 10.4 Å². The first kappa shape index (κ1) is 17.7. The molecule has 26 heavy (non-hydrogen) atoms. The summed E-state index contributed by atoms with van der Waals surface area (Å²) in [5, 5.41) is 13.4. The quantitative estimate of drug-likeness (QED) is 0.823. The number of aromatic nitrogens is 1. The Kier molecular flexibility index (Phi) is 5.36. The number of hydrogen-bond acceptors (Lipinski definition) is 4. The van der Waals surface area contributed by atoms with Crippen molar-refractivity contribution >= 4 is 17.6 Å². The van der Waals surface area contributed by atoms with Crippen LogP contribution in [-0.4, -0.2) is 27.7 Å². The van der Waals surface area contributed by atoms with E-state index in [4.69, 9.17) is 5.11 Å². The topological polar surface area (TPSA) is 91.7 Å². The summed E-state index contributed by atoms with van der Waals surface area (Å²) < 4.78 is 12.9. The zero-order valence-electron chi connectivity index (χ0n) is 14.0. The number of hydrogen-bond donors (Lipinski definition) is 2. The summed E-state index contributed by atoms with van der Waals surface area (Å²) in [7, 11) is 0. The maximum atomic E-state index is 12.9. The number of benzene rings is 1. The second kappa shape index (κ2) is 7.86. The van der Waals surface area contributed by atoms with E-state index in [0.717, 1.165) is 25.0 Å². The molecule has 1 heterocycles. The van der Waals surface area contributed by atoms with Crippen LogP contribution in [0.3, 0.4) is 0 Å². The Labute approximate surface area is 149 Å². The summed E-state index contributed by atoms with van der Waals surface area (Å²) in [5.41, 5.74) is 4.40. The van der Waals surface area contributed by atoms with Gasteiger partial charge < -0.3 is 5.11 Å². The molecule has 7 heteroatoms. The third-order valence-electron chi connectivity index (χ3n) is 4.37. The van der Waals surface area contributed by atoms with Crippen molar-refractivity contribution in [2.75, 3.05) is 0 Å². The number of nitrogens with one attached hydrogen (secondary N) is 1. The first-order valence-electron chi connectivity index (χ1n) is 8.36. The van der Waals surface area contributed by atoms with Crippen LogP contribution in [0.5, 0.6) is 0 Å². The van der Waals surface area contributed by atoms with Crippen LogP contribution in [0.1, 0.15) is 58.0 Å². The van der Waals surface area contributed by atoms with E-state index < -0.39 is 17.7 Å². The smallest absolute Gasteiger partial charge is 0.335 e. The van der Waals surface area contributed by atoms with Crippen LogP contribution in [0.4, 0.5) is 4.39 Å². The molecule has 0 aliphatic heterocycles. The maximum absolute atomic E-state index is 12.9. The number of nitrogens with zero attached hydrogens (tertiary/aromatic N) is 2. The second-order valence-electron chi connectivity index (χ2n) is 6.12. The molecule has 3 rings (SSSR count). The van der Waals surface area contributed by atoms with Gasteiger partial charge in [-0.2, -0.15) is 5.10 Å². The monoisotopic (exact) mass is 355 g/mol. The van der Waals surface area contributed by atoms with Gasteiger partial charge in [0.1, 0.15) is 5.82 Å². The highest BCUT2D eigenvalue weighted by Gasteiger charge is 2.24. The van der Waals surface area contributed by atoms with Crippen molar-refractivity contribution in [3.05, 3.63) is 65.2 Å². The molecule has 134 valence electrons. The van der Waals surface area contributed by atoms with Crippen molar-refractivity contribution in [2.45, 2.75) is 31.6 Å². The van der Waals surface area contributed by atoms with Crippen molar-refractivity contribution in [3.63, 3.8) is 0 Å². The highest BCUT2D eigenvalue weighted by atomic mass is 19.1. The van der Waals surface area contributed by atoms with Crippen molar-refractivity contribution in [3.8, 4) is 0 Å². The molecule has 1 amide bonds. The molecule has 6 nitrogen and oxygen atoms in total. The maximum Gasteiger partial charge on any atom is 0.335 e. The van der Waals surface area contributed by atoms with Crippen LogP contribution < -0.4 is 5.43 Å². The van der Waals surface area contributed by atoms with Gasteiger partial charge in [-0.3, -0.25) is 9.78 Å². The van der Waals surface area contributed by atoms with Gasteiger partial charge in [0.25, 0.3) is 5.91 Å². The number of aromatic carboxylic acids is 1. The number of carbonyl (C=O) groups is 2. The fraction of sp³-hybridized carbons (Fsp3) is 0.263. The minimum atomic E-state index is -1.01. The van der Waals surface area contributed by atoms with Crippen molar-refractivity contribution < 1.29 is 19.1 Å². The number of halogens is 1. The molecule has 0 bridgehead atoms. The predicted octanol–water partition coefficient (Wildman–Crippen LogP) is 3.36. The fourth-order valence-corrected chi connectivity index (χ4v) is 3.01. The number of rotatable bonds is 4. The van der Waals surface area contributed by atoms with Crippen LogP contribution in [-0.2, 0) is 0 Å². The molecule has 0 unspecified atom stereocenters. The van der Waals surface area contributed by atoms with Gasteiger partial charge in [0.2, 0.25) is 0 Å². The van der Waals surface area contributed by atoms with Gasteiger partial charge in [0.15, 0.2) is 0 Å². The van der Waals surface area contributed by atoms with Crippen LogP contribution in [0.25, 0.3) is 0 Å². The summed E-state index contributed by atoms with van der Waals surface area (Å²) in [6.45, 7) is 0. The van der Waals surface area contributed by atoms with Gasteiger partial charge in [-0.1, -0.05) is 6.42 Å². The number of amides is 1. The van der Waals surface area contributed by atoms with Crippen LogP contribution in [0.2, 0.25) is 0 Å². The van der Waals surface area contributed by atoms with E-state index in [2.05, 4.69) is 15.5 Å². The minimum absolute atomic E-state index is 0.128. The lowest BCUT2D eigenvalue weighted by Gasteiger charge is -2.23. The Morgan fingerprint density at radius 1 is 1.15 bits per heavy atom. The first-order chi connectivity index (χ1) is 12.5. The van der Waals surface area contributed by atoms with Crippen LogP contribution >= 0.6 is 0 Å². The summed E-state index contributed by atoms with van der Waals surface area (Å²) >= 11 is 0. The molecule has 1 atom stereocenters. The molecule has 2 N–H and O–H groups in total. The minimum Gasteiger partial charge on any atom is -0.478 e. The average Bonchev–Trinajstić information content (AvgIpc) is 2.67. The lowest BCUT2D eigenvalue weighted by Crippen LogP contribution is -2.25. The van der Waals surface area contributed by atoms with Crippen molar-refractivity contribution in [1.29, 1.82) is 0 Å². The van der Waals surface area contributed by atoms with E-state index in [0.29, 0.717) is 17.7 Å². The van der Waals surface area contributed by atoms with Gasteiger partial charge >= 0.3 is 5.97 Å². The Morgan fingerprint density at radius 2 is 1.92 bits per heavy atom. The molecular formula is C19H18FN3O3. The SMILES string of the molecule is O=C(O)c1ccnc([C@@H]2CCCC/C2=N/NC(=O)c2ccc(F)cc2)c1. The van der Waals surface area contributed by atoms with Gasteiger partial charge in [0, 0.05) is 29.1 Å². The molecule has 1 aliphatic carbocycles. The Bertz CT molecular complexity index is 849. The molecular weight excluding hydrogens is 337 g/mol. The third-order valence-corrected chi connectivity index (χ3v) is 4.37. The molecule has 1 saturated carbocycles. The van der Waals surface area contributed by atoms with E-state index in [9.17, 15) is 14.0 Å². The Morgan fingerprint density at radius 3 is 2.65 bits per heavy atom. The molecule has 2 aromatic rings. The largest absolute Gasteiger partial charge is 0.478 e. The molecule has 1 aromatic heterocycles. The van der Waals surface area contributed by atoms with Gasteiger partial charge in [-0.15, -0.1) is 0 Å². The van der Waals surface area contributed by atoms with Crippen molar-refractivity contribution in [2.24, 2.45) is 5.10 Å². The highest BCUT2D eigenvalue weighted by molar-refractivity contribution is 5.97. The highest BCUT2D eigenvalue weighted by Crippen LogP contribution is 2.30. The number of pyridine rings is 1. The lowest BCUT2D eigenvalue weighted by molar-refractivity contribution is 0.0696. The zero-order chi connectivity index (χ0) is 18.5. The number of carboxylic acid groups (broad SMARTS) is 1. The van der Waals surface area contributed by atoms with Gasteiger partial charge in [-0.25, -0.2) is 14.6 Å². The van der Waals surface area contributed by atoms with E-state index in [1.807, 2.05) is 0 Å². The molecule has 1 aliphatic rings. The van der Waals surface area contributed by atoms with Gasteiger partial charge in [0.05, 0.1) is 5.56 Å². The summed E-state index contributed by atoms with van der Waals surface area (Å²) in [5.74, 6) is -1.97. The van der Waals surface area contributed by atoms with Crippen LogP contribution in [0, 0.1) is 5.82 Å². The zero-order valence-corrected chi connectivity index (χ0v) is 14.0. The third kappa shape index (κ3) is 4.11. The van der Waals surface area contributed by atoms with E-state index in [1.165, 1.54) is 36.5 Å². The molecule has 1 aromatic carbocycles. The molecule has 1 fully saturated rings. The predicted molar refractivity (Wildman–Crippen MR) is 93.7 cm³/mol.